The van der Waals surface area contributed by atoms with E-state index in [0.717, 1.165) is 39.0 Å². The fourth-order valence-electron chi connectivity index (χ4n) is 2.46. The number of morpholine rings is 1. The average molecular weight is 197 g/mol. The highest BCUT2D eigenvalue weighted by molar-refractivity contribution is 5.81. The van der Waals surface area contributed by atoms with E-state index < -0.39 is 0 Å². The standard InChI is InChI=1S/C11H19NO2/c13-11-5-3-1-2-4-9(11)10-8-14-7-6-12-10/h9-10,12H,1-8H2. The van der Waals surface area contributed by atoms with E-state index in [4.69, 9.17) is 4.74 Å². The van der Waals surface area contributed by atoms with Gasteiger partial charge in [0.25, 0.3) is 0 Å². The second-order valence-corrected chi connectivity index (χ2v) is 4.31. The Labute approximate surface area is 85.2 Å². The van der Waals surface area contributed by atoms with E-state index >= 15 is 0 Å². The van der Waals surface area contributed by atoms with Crippen molar-refractivity contribution in [3.05, 3.63) is 0 Å². The topological polar surface area (TPSA) is 38.3 Å². The quantitative estimate of drug-likeness (QED) is 0.640. The van der Waals surface area contributed by atoms with Crippen molar-refractivity contribution in [2.75, 3.05) is 19.8 Å². The van der Waals surface area contributed by atoms with Gasteiger partial charge < -0.3 is 10.1 Å². The summed E-state index contributed by atoms with van der Waals surface area (Å²) in [6.45, 7) is 2.41. The molecular formula is C11H19NO2. The third kappa shape index (κ3) is 2.34. The van der Waals surface area contributed by atoms with Gasteiger partial charge in [-0.25, -0.2) is 0 Å². The van der Waals surface area contributed by atoms with Gasteiger partial charge in [0.1, 0.15) is 5.78 Å². The molecule has 0 aromatic carbocycles. The van der Waals surface area contributed by atoms with E-state index in [1.807, 2.05) is 0 Å². The average Bonchev–Trinajstić information content (AvgIpc) is 2.44. The van der Waals surface area contributed by atoms with Crippen LogP contribution in [0, 0.1) is 5.92 Å². The number of Topliss-reactive ketones (excluding diaryl/α,β-unsaturated/α-hetero) is 1. The summed E-state index contributed by atoms with van der Waals surface area (Å²) < 4.78 is 5.41. The summed E-state index contributed by atoms with van der Waals surface area (Å²) in [4.78, 5) is 11.8. The minimum atomic E-state index is 0.220. The molecule has 1 saturated carbocycles. The Morgan fingerprint density at radius 2 is 2.21 bits per heavy atom. The van der Waals surface area contributed by atoms with Crippen molar-refractivity contribution in [1.82, 2.24) is 5.32 Å². The molecular weight excluding hydrogens is 178 g/mol. The first kappa shape index (κ1) is 10.1. The van der Waals surface area contributed by atoms with Crippen molar-refractivity contribution in [3.63, 3.8) is 0 Å². The Morgan fingerprint density at radius 3 is 3.00 bits per heavy atom. The molecule has 0 aromatic rings. The fourth-order valence-corrected chi connectivity index (χ4v) is 2.46. The Balaban J connectivity index is 1.95. The lowest BCUT2D eigenvalue weighted by Gasteiger charge is -2.29. The van der Waals surface area contributed by atoms with E-state index in [-0.39, 0.29) is 12.0 Å². The van der Waals surface area contributed by atoms with Gasteiger partial charge in [-0.2, -0.15) is 0 Å². The van der Waals surface area contributed by atoms with Crippen LogP contribution in [0.2, 0.25) is 0 Å². The molecule has 1 aliphatic heterocycles. The van der Waals surface area contributed by atoms with Crippen molar-refractivity contribution in [2.45, 2.75) is 38.1 Å². The van der Waals surface area contributed by atoms with Gasteiger partial charge in [0, 0.05) is 24.9 Å². The van der Waals surface area contributed by atoms with Crippen LogP contribution < -0.4 is 5.32 Å². The molecule has 3 heteroatoms. The number of ketones is 1. The number of nitrogens with one attached hydrogen (secondary N) is 1. The van der Waals surface area contributed by atoms with Crippen molar-refractivity contribution < 1.29 is 9.53 Å². The lowest BCUT2D eigenvalue weighted by Crippen LogP contribution is -2.48. The van der Waals surface area contributed by atoms with Crippen LogP contribution in [0.5, 0.6) is 0 Å². The van der Waals surface area contributed by atoms with Gasteiger partial charge in [-0.15, -0.1) is 0 Å². The number of carbonyl (C=O) groups is 1. The van der Waals surface area contributed by atoms with Crippen molar-refractivity contribution in [1.29, 1.82) is 0 Å². The maximum absolute atomic E-state index is 11.8. The third-order valence-corrected chi connectivity index (χ3v) is 3.29. The lowest BCUT2D eigenvalue weighted by molar-refractivity contribution is -0.124. The maximum Gasteiger partial charge on any atom is 0.137 e. The highest BCUT2D eigenvalue weighted by Gasteiger charge is 2.30. The minimum Gasteiger partial charge on any atom is -0.378 e. The van der Waals surface area contributed by atoms with E-state index in [1.54, 1.807) is 0 Å². The van der Waals surface area contributed by atoms with Crippen LogP contribution in [-0.2, 0) is 9.53 Å². The summed E-state index contributed by atoms with van der Waals surface area (Å²) in [6.07, 6.45) is 5.34. The Hall–Kier alpha value is -0.410. The van der Waals surface area contributed by atoms with E-state index in [0.29, 0.717) is 5.78 Å². The summed E-state index contributed by atoms with van der Waals surface area (Å²) in [5.74, 6) is 0.670. The van der Waals surface area contributed by atoms with Crippen LogP contribution in [0.4, 0.5) is 0 Å². The highest BCUT2D eigenvalue weighted by atomic mass is 16.5. The van der Waals surface area contributed by atoms with Crippen LogP contribution in [-0.4, -0.2) is 31.6 Å². The van der Waals surface area contributed by atoms with Crippen LogP contribution in [0.3, 0.4) is 0 Å². The first-order valence-electron chi connectivity index (χ1n) is 5.72. The van der Waals surface area contributed by atoms with Gasteiger partial charge in [-0.05, 0) is 12.8 Å². The second-order valence-electron chi connectivity index (χ2n) is 4.31. The zero-order valence-corrected chi connectivity index (χ0v) is 8.63. The SMILES string of the molecule is O=C1CCCCCC1C1COCCN1. The summed E-state index contributed by atoms with van der Waals surface area (Å²) in [6, 6.07) is 0.286. The molecule has 0 amide bonds. The molecule has 0 bridgehead atoms. The molecule has 2 atom stereocenters. The van der Waals surface area contributed by atoms with Gasteiger partial charge in [0.05, 0.1) is 13.2 Å². The molecule has 2 unspecified atom stereocenters. The molecule has 2 rings (SSSR count). The Kier molecular flexibility index (Phi) is 3.54. The summed E-state index contributed by atoms with van der Waals surface area (Å²) in [7, 11) is 0. The van der Waals surface area contributed by atoms with E-state index in [2.05, 4.69) is 5.32 Å². The third-order valence-electron chi connectivity index (χ3n) is 3.29. The van der Waals surface area contributed by atoms with Crippen LogP contribution in [0.15, 0.2) is 0 Å². The predicted molar refractivity (Wildman–Crippen MR) is 54.2 cm³/mol. The molecule has 80 valence electrons. The molecule has 1 aliphatic carbocycles. The molecule has 3 nitrogen and oxygen atoms in total. The summed E-state index contributed by atoms with van der Waals surface area (Å²) in [5.41, 5.74) is 0. The number of ether oxygens (including phenoxy) is 1. The lowest BCUT2D eigenvalue weighted by atomic mass is 9.90. The first-order chi connectivity index (χ1) is 6.88. The van der Waals surface area contributed by atoms with Gasteiger partial charge in [0.2, 0.25) is 0 Å². The smallest absolute Gasteiger partial charge is 0.137 e. The Bertz CT molecular complexity index is 199. The predicted octanol–water partition coefficient (Wildman–Crippen LogP) is 1.12. The number of rotatable bonds is 1. The van der Waals surface area contributed by atoms with Gasteiger partial charge in [-0.1, -0.05) is 12.8 Å². The van der Waals surface area contributed by atoms with Gasteiger partial charge in [0.15, 0.2) is 0 Å². The largest absolute Gasteiger partial charge is 0.378 e. The van der Waals surface area contributed by atoms with E-state index in [1.165, 1.54) is 12.8 Å². The molecule has 0 aromatic heterocycles. The molecule has 2 fully saturated rings. The van der Waals surface area contributed by atoms with Crippen molar-refractivity contribution >= 4 is 5.78 Å². The van der Waals surface area contributed by atoms with Crippen molar-refractivity contribution in [2.24, 2.45) is 5.92 Å². The fraction of sp³-hybridized carbons (Fsp3) is 0.909. The maximum atomic E-state index is 11.8. The van der Waals surface area contributed by atoms with Crippen molar-refractivity contribution in [3.8, 4) is 0 Å². The zero-order valence-electron chi connectivity index (χ0n) is 8.63. The minimum absolute atomic E-state index is 0.220. The monoisotopic (exact) mass is 197 g/mol. The molecule has 2 aliphatic rings. The zero-order chi connectivity index (χ0) is 9.80. The molecule has 0 spiro atoms. The normalized spacial score (nSPS) is 35.3. The van der Waals surface area contributed by atoms with E-state index in [9.17, 15) is 4.79 Å². The summed E-state index contributed by atoms with van der Waals surface area (Å²) in [5, 5.41) is 3.40. The van der Waals surface area contributed by atoms with Crippen LogP contribution in [0.1, 0.15) is 32.1 Å². The number of hydrogen-bond acceptors (Lipinski definition) is 3. The van der Waals surface area contributed by atoms with Crippen LogP contribution in [0.25, 0.3) is 0 Å². The van der Waals surface area contributed by atoms with Gasteiger partial charge >= 0.3 is 0 Å². The molecule has 0 radical (unpaired) electrons. The Morgan fingerprint density at radius 1 is 1.29 bits per heavy atom. The second kappa shape index (κ2) is 4.89. The van der Waals surface area contributed by atoms with Gasteiger partial charge in [-0.3, -0.25) is 4.79 Å². The number of carbonyl (C=O) groups excluding carboxylic acids is 1. The molecule has 14 heavy (non-hydrogen) atoms. The first-order valence-corrected chi connectivity index (χ1v) is 5.72. The highest BCUT2D eigenvalue weighted by Crippen LogP contribution is 2.23. The molecule has 1 heterocycles. The summed E-state index contributed by atoms with van der Waals surface area (Å²) >= 11 is 0. The number of hydrogen-bond donors (Lipinski definition) is 1. The molecule has 1 N–H and O–H groups in total. The molecule has 1 saturated heterocycles. The van der Waals surface area contributed by atoms with Crippen LogP contribution >= 0.6 is 0 Å².